The molecule has 3 aliphatic carbocycles. The summed E-state index contributed by atoms with van der Waals surface area (Å²) < 4.78 is 0. The Kier molecular flexibility index (Phi) is 5.23. The van der Waals surface area contributed by atoms with E-state index in [1.54, 1.807) is 0 Å². The first kappa shape index (κ1) is 23.4. The van der Waals surface area contributed by atoms with Gasteiger partial charge in [0.25, 0.3) is 0 Å². The largest absolute Gasteiger partial charge is 0.126 e. The van der Waals surface area contributed by atoms with Gasteiger partial charge >= 0.3 is 0 Å². The van der Waals surface area contributed by atoms with Crippen LogP contribution in [0.15, 0.2) is 89.4 Å². The van der Waals surface area contributed by atoms with Crippen LogP contribution in [0.3, 0.4) is 0 Å². The SMILES string of the molecule is C#CC(C)(C)C(C)(C)CSc1ccc2c(c1)C1(C3=C(c4ccccc41)C(C)CC=C3)c1ccccc1-2. The first-order chi connectivity index (χ1) is 17.2. The number of benzene rings is 3. The van der Waals surface area contributed by atoms with E-state index in [4.69, 9.17) is 6.42 Å². The van der Waals surface area contributed by atoms with E-state index in [0.29, 0.717) is 5.92 Å². The van der Waals surface area contributed by atoms with Crippen LogP contribution in [0.2, 0.25) is 0 Å². The molecule has 0 heterocycles. The van der Waals surface area contributed by atoms with Crippen molar-refractivity contribution in [2.45, 2.75) is 51.3 Å². The Labute approximate surface area is 220 Å². The van der Waals surface area contributed by atoms with Gasteiger partial charge in [-0.2, -0.15) is 0 Å². The van der Waals surface area contributed by atoms with Crippen LogP contribution in [-0.2, 0) is 5.41 Å². The summed E-state index contributed by atoms with van der Waals surface area (Å²) >= 11 is 1.94. The molecule has 0 amide bonds. The smallest absolute Gasteiger partial charge is 0.0722 e. The van der Waals surface area contributed by atoms with Gasteiger partial charge in [0, 0.05) is 16.1 Å². The monoisotopic (exact) mass is 486 g/mol. The quantitative estimate of drug-likeness (QED) is 0.262. The third-order valence-corrected chi connectivity index (χ3v) is 10.7. The van der Waals surface area contributed by atoms with Crippen LogP contribution in [-0.4, -0.2) is 5.75 Å². The number of fused-ring (bicyclic) bond motifs is 9. The summed E-state index contributed by atoms with van der Waals surface area (Å²) in [6.45, 7) is 11.3. The molecule has 36 heavy (non-hydrogen) atoms. The zero-order valence-electron chi connectivity index (χ0n) is 22.0. The van der Waals surface area contributed by atoms with Gasteiger partial charge in [0.1, 0.15) is 0 Å². The maximum atomic E-state index is 5.91. The van der Waals surface area contributed by atoms with E-state index in [1.807, 2.05) is 11.8 Å². The molecule has 3 aromatic carbocycles. The normalized spacial score (nSPS) is 21.7. The van der Waals surface area contributed by atoms with Gasteiger partial charge in [-0.1, -0.05) is 93.4 Å². The van der Waals surface area contributed by atoms with Crippen molar-refractivity contribution in [3.8, 4) is 23.5 Å². The lowest BCUT2D eigenvalue weighted by Crippen LogP contribution is -2.33. The molecule has 6 rings (SSSR count). The highest BCUT2D eigenvalue weighted by Gasteiger charge is 2.53. The molecule has 0 aromatic heterocycles. The third kappa shape index (κ3) is 3.04. The molecule has 0 bridgehead atoms. The molecular formula is C35H34S. The lowest BCUT2D eigenvalue weighted by molar-refractivity contribution is 0.212. The van der Waals surface area contributed by atoms with Gasteiger partial charge in [0.15, 0.2) is 0 Å². The first-order valence-corrected chi connectivity index (χ1v) is 14.1. The van der Waals surface area contributed by atoms with Crippen LogP contribution in [0.4, 0.5) is 0 Å². The van der Waals surface area contributed by atoms with Crippen molar-refractivity contribution in [3.63, 3.8) is 0 Å². The van der Waals surface area contributed by atoms with E-state index in [0.717, 1.165) is 12.2 Å². The summed E-state index contributed by atoms with van der Waals surface area (Å²) in [4.78, 5) is 1.32. The number of rotatable bonds is 4. The van der Waals surface area contributed by atoms with E-state index in [-0.39, 0.29) is 16.2 Å². The fourth-order valence-corrected chi connectivity index (χ4v) is 7.61. The molecule has 3 aromatic rings. The summed E-state index contributed by atoms with van der Waals surface area (Å²) in [5.74, 6) is 4.53. The van der Waals surface area contributed by atoms with Gasteiger partial charge in [-0.25, -0.2) is 0 Å². The second-order valence-corrected chi connectivity index (χ2v) is 12.9. The van der Waals surface area contributed by atoms with Gasteiger partial charge < -0.3 is 0 Å². The van der Waals surface area contributed by atoms with E-state index in [2.05, 4.69) is 119 Å². The molecule has 0 fully saturated rings. The summed E-state index contributed by atoms with van der Waals surface area (Å²) in [5.41, 5.74) is 11.1. The first-order valence-electron chi connectivity index (χ1n) is 13.1. The maximum Gasteiger partial charge on any atom is 0.0722 e. The van der Waals surface area contributed by atoms with Crippen LogP contribution in [0.5, 0.6) is 0 Å². The second kappa shape index (κ2) is 8.03. The van der Waals surface area contributed by atoms with Crippen molar-refractivity contribution >= 4 is 17.3 Å². The van der Waals surface area contributed by atoms with Crippen molar-refractivity contribution in [3.05, 3.63) is 107 Å². The molecule has 180 valence electrons. The Hall–Kier alpha value is -2.95. The summed E-state index contributed by atoms with van der Waals surface area (Å²) in [6, 6.07) is 25.4. The fraction of sp³-hybridized carbons (Fsp3) is 0.314. The molecule has 1 heteroatoms. The molecule has 0 radical (unpaired) electrons. The van der Waals surface area contributed by atoms with Crippen LogP contribution in [0.25, 0.3) is 16.7 Å². The fourth-order valence-electron chi connectivity index (χ4n) is 6.36. The van der Waals surface area contributed by atoms with E-state index in [9.17, 15) is 0 Å². The molecule has 0 nitrogen and oxygen atoms in total. The van der Waals surface area contributed by atoms with E-state index < -0.39 is 0 Å². The Bertz CT molecular complexity index is 1490. The number of hydrogen-bond donors (Lipinski definition) is 0. The molecule has 0 saturated heterocycles. The second-order valence-electron chi connectivity index (χ2n) is 11.9. The summed E-state index contributed by atoms with van der Waals surface area (Å²) in [7, 11) is 0. The Morgan fingerprint density at radius 2 is 1.53 bits per heavy atom. The van der Waals surface area contributed by atoms with Gasteiger partial charge in [0.05, 0.1) is 5.41 Å². The van der Waals surface area contributed by atoms with Crippen LogP contribution >= 0.6 is 11.8 Å². The van der Waals surface area contributed by atoms with Gasteiger partial charge in [-0.05, 0) is 88.3 Å². The van der Waals surface area contributed by atoms with Crippen molar-refractivity contribution in [2.75, 3.05) is 5.75 Å². The lowest BCUT2D eigenvalue weighted by Gasteiger charge is -2.37. The Balaban J connectivity index is 1.56. The van der Waals surface area contributed by atoms with Crippen molar-refractivity contribution in [2.24, 2.45) is 16.7 Å². The van der Waals surface area contributed by atoms with Gasteiger partial charge in [-0.15, -0.1) is 18.2 Å². The van der Waals surface area contributed by atoms with Crippen LogP contribution in [0, 0.1) is 29.1 Å². The van der Waals surface area contributed by atoms with Crippen molar-refractivity contribution < 1.29 is 0 Å². The highest BCUT2D eigenvalue weighted by molar-refractivity contribution is 7.99. The summed E-state index contributed by atoms with van der Waals surface area (Å²) in [5, 5.41) is 0. The highest BCUT2D eigenvalue weighted by atomic mass is 32.2. The van der Waals surface area contributed by atoms with Crippen LogP contribution < -0.4 is 0 Å². The molecule has 0 aliphatic heterocycles. The molecular weight excluding hydrogens is 452 g/mol. The maximum absolute atomic E-state index is 5.91. The van der Waals surface area contributed by atoms with E-state index in [1.165, 1.54) is 49.4 Å². The lowest BCUT2D eigenvalue weighted by atomic mass is 9.68. The topological polar surface area (TPSA) is 0 Å². The molecule has 1 spiro atoms. The number of hydrogen-bond acceptors (Lipinski definition) is 1. The average Bonchev–Trinajstić information content (AvgIpc) is 3.35. The predicted molar refractivity (Wildman–Crippen MR) is 155 cm³/mol. The minimum atomic E-state index is -0.243. The standard InChI is InChI=1S/C35H34S/c1-7-33(3,4)34(5,6)22-36-24-19-20-26-25-14-8-10-16-28(25)35(31(26)21-24)29-17-11-9-15-27(29)32-23(2)13-12-18-30(32)35/h1,8-12,14-21,23H,13,22H2,2-6H3. The minimum absolute atomic E-state index is 0.0171. The summed E-state index contributed by atoms with van der Waals surface area (Å²) in [6.07, 6.45) is 11.8. The molecule has 3 aliphatic rings. The molecule has 2 unspecified atom stereocenters. The predicted octanol–water partition coefficient (Wildman–Crippen LogP) is 9.14. The van der Waals surface area contributed by atoms with Crippen molar-refractivity contribution in [1.29, 1.82) is 0 Å². The molecule has 2 atom stereocenters. The van der Waals surface area contributed by atoms with Gasteiger partial charge in [-0.3, -0.25) is 0 Å². The van der Waals surface area contributed by atoms with E-state index >= 15 is 0 Å². The molecule has 0 N–H and O–H groups in total. The van der Waals surface area contributed by atoms with Crippen molar-refractivity contribution in [1.82, 2.24) is 0 Å². The zero-order valence-corrected chi connectivity index (χ0v) is 22.8. The minimum Gasteiger partial charge on any atom is -0.126 e. The Morgan fingerprint density at radius 3 is 2.25 bits per heavy atom. The third-order valence-electron chi connectivity index (χ3n) is 9.25. The Morgan fingerprint density at radius 1 is 0.889 bits per heavy atom. The average molecular weight is 487 g/mol. The number of allylic oxidation sites excluding steroid dienone is 4. The highest BCUT2D eigenvalue weighted by Crippen LogP contribution is 2.64. The van der Waals surface area contributed by atoms with Crippen LogP contribution in [0.1, 0.15) is 63.3 Å². The number of thioether (sulfide) groups is 1. The number of terminal acetylenes is 1. The molecule has 0 saturated carbocycles. The zero-order chi connectivity index (χ0) is 25.3. The van der Waals surface area contributed by atoms with Gasteiger partial charge in [0.2, 0.25) is 0 Å².